The third-order valence-corrected chi connectivity index (χ3v) is 4.50. The summed E-state index contributed by atoms with van der Waals surface area (Å²) in [6.45, 7) is 3.71. The summed E-state index contributed by atoms with van der Waals surface area (Å²) in [4.78, 5) is 0.127. The Morgan fingerprint density at radius 2 is 1.94 bits per heavy atom. The molecule has 1 rings (SSSR count). The molecular formula is C10H13Cl2NO2S. The maximum Gasteiger partial charge on any atom is 0.240 e. The van der Waals surface area contributed by atoms with Crippen LogP contribution >= 0.6 is 23.2 Å². The molecule has 0 bridgehead atoms. The minimum absolute atomic E-state index is 0.112. The Bertz CT molecular complexity index is 474. The van der Waals surface area contributed by atoms with Gasteiger partial charge in [0, 0.05) is 6.04 Å². The Morgan fingerprint density at radius 1 is 1.31 bits per heavy atom. The highest BCUT2D eigenvalue weighted by molar-refractivity contribution is 7.89. The molecule has 1 aromatic rings. The maximum atomic E-state index is 11.9. The standard InChI is InChI=1S/C10H13Cl2NO2S/c1-3-7(2)13-16(14,15)8-4-5-9(11)10(12)6-8/h4-7,13H,3H2,1-2H3/t7-/m1/s1. The lowest BCUT2D eigenvalue weighted by Gasteiger charge is -2.12. The van der Waals surface area contributed by atoms with Crippen molar-refractivity contribution in [3.8, 4) is 0 Å². The highest BCUT2D eigenvalue weighted by atomic mass is 35.5. The van der Waals surface area contributed by atoms with Crippen LogP contribution in [0.1, 0.15) is 20.3 Å². The van der Waals surface area contributed by atoms with E-state index in [1.807, 2.05) is 6.92 Å². The van der Waals surface area contributed by atoms with Gasteiger partial charge in [0.05, 0.1) is 14.9 Å². The van der Waals surface area contributed by atoms with E-state index >= 15 is 0 Å². The summed E-state index contributed by atoms with van der Waals surface area (Å²) in [6.07, 6.45) is 0.723. The molecule has 0 aliphatic heterocycles. The van der Waals surface area contributed by atoms with E-state index in [0.29, 0.717) is 5.02 Å². The van der Waals surface area contributed by atoms with Crippen LogP contribution in [0, 0.1) is 0 Å². The summed E-state index contributed by atoms with van der Waals surface area (Å²) in [5.74, 6) is 0. The predicted octanol–water partition coefficient (Wildman–Crippen LogP) is 3.07. The number of hydrogen-bond acceptors (Lipinski definition) is 2. The smallest absolute Gasteiger partial charge is 0.208 e. The Kier molecular flexibility index (Phi) is 4.62. The molecule has 0 saturated carbocycles. The Labute approximate surface area is 106 Å². The first-order valence-corrected chi connectivity index (χ1v) is 7.08. The summed E-state index contributed by atoms with van der Waals surface area (Å²) in [5.41, 5.74) is 0. The van der Waals surface area contributed by atoms with Gasteiger partial charge in [-0.15, -0.1) is 0 Å². The van der Waals surface area contributed by atoms with E-state index in [-0.39, 0.29) is 16.0 Å². The molecule has 0 heterocycles. The normalized spacial score (nSPS) is 13.8. The van der Waals surface area contributed by atoms with Crippen molar-refractivity contribution in [1.29, 1.82) is 0 Å². The fraction of sp³-hybridized carbons (Fsp3) is 0.400. The Hall–Kier alpha value is -0.290. The quantitative estimate of drug-likeness (QED) is 0.922. The first kappa shape index (κ1) is 13.8. The number of sulfonamides is 1. The van der Waals surface area contributed by atoms with Crippen LogP contribution in [0.15, 0.2) is 23.1 Å². The summed E-state index contributed by atoms with van der Waals surface area (Å²) >= 11 is 11.5. The summed E-state index contributed by atoms with van der Waals surface area (Å²) in [5, 5.41) is 0.567. The van der Waals surface area contributed by atoms with Crippen molar-refractivity contribution in [3.63, 3.8) is 0 Å². The van der Waals surface area contributed by atoms with Crippen LogP contribution in [0.25, 0.3) is 0 Å². The highest BCUT2D eigenvalue weighted by Crippen LogP contribution is 2.24. The lowest BCUT2D eigenvalue weighted by molar-refractivity contribution is 0.556. The lowest BCUT2D eigenvalue weighted by atomic mass is 10.3. The third kappa shape index (κ3) is 3.35. The summed E-state index contributed by atoms with van der Waals surface area (Å²) in [6, 6.07) is 4.13. The van der Waals surface area contributed by atoms with Crippen molar-refractivity contribution in [2.45, 2.75) is 31.2 Å². The van der Waals surface area contributed by atoms with Crippen LogP contribution in [0.2, 0.25) is 10.0 Å². The number of rotatable bonds is 4. The van der Waals surface area contributed by atoms with Crippen molar-refractivity contribution < 1.29 is 8.42 Å². The van der Waals surface area contributed by atoms with E-state index < -0.39 is 10.0 Å². The molecule has 0 fully saturated rings. The Balaban J connectivity index is 3.03. The average molecular weight is 282 g/mol. The van der Waals surface area contributed by atoms with Gasteiger partial charge in [-0.3, -0.25) is 0 Å². The van der Waals surface area contributed by atoms with Gasteiger partial charge in [-0.25, -0.2) is 13.1 Å². The van der Waals surface area contributed by atoms with Gasteiger partial charge in [-0.2, -0.15) is 0 Å². The zero-order chi connectivity index (χ0) is 12.3. The van der Waals surface area contributed by atoms with Gasteiger partial charge in [0.2, 0.25) is 10.0 Å². The molecule has 0 amide bonds. The first-order chi connectivity index (χ1) is 7.36. The largest absolute Gasteiger partial charge is 0.240 e. The molecule has 1 atom stereocenters. The van der Waals surface area contributed by atoms with Crippen molar-refractivity contribution in [2.24, 2.45) is 0 Å². The monoisotopic (exact) mass is 281 g/mol. The molecule has 6 heteroatoms. The van der Waals surface area contributed by atoms with Crippen LogP contribution in [0.3, 0.4) is 0 Å². The van der Waals surface area contributed by atoms with Gasteiger partial charge in [-0.1, -0.05) is 30.1 Å². The number of hydrogen-bond donors (Lipinski definition) is 1. The minimum Gasteiger partial charge on any atom is -0.208 e. The molecule has 0 aliphatic rings. The molecule has 0 unspecified atom stereocenters. The molecule has 1 N–H and O–H groups in total. The zero-order valence-electron chi connectivity index (χ0n) is 9.00. The second-order valence-electron chi connectivity index (χ2n) is 3.51. The highest BCUT2D eigenvalue weighted by Gasteiger charge is 2.17. The molecule has 0 radical (unpaired) electrons. The fourth-order valence-electron chi connectivity index (χ4n) is 1.06. The fourth-order valence-corrected chi connectivity index (χ4v) is 2.78. The molecule has 90 valence electrons. The third-order valence-electron chi connectivity index (χ3n) is 2.17. The number of nitrogens with one attached hydrogen (secondary N) is 1. The van der Waals surface area contributed by atoms with Crippen molar-refractivity contribution in [1.82, 2.24) is 4.72 Å². The molecular weight excluding hydrogens is 269 g/mol. The second-order valence-corrected chi connectivity index (χ2v) is 6.03. The summed E-state index contributed by atoms with van der Waals surface area (Å²) < 4.78 is 26.2. The van der Waals surface area contributed by atoms with Crippen molar-refractivity contribution in [3.05, 3.63) is 28.2 Å². The van der Waals surface area contributed by atoms with E-state index in [2.05, 4.69) is 4.72 Å². The van der Waals surface area contributed by atoms with Gasteiger partial charge in [0.15, 0.2) is 0 Å². The van der Waals surface area contributed by atoms with E-state index in [4.69, 9.17) is 23.2 Å². The van der Waals surface area contributed by atoms with E-state index in [1.54, 1.807) is 6.92 Å². The van der Waals surface area contributed by atoms with Crippen LogP contribution in [-0.2, 0) is 10.0 Å². The second kappa shape index (κ2) is 5.36. The molecule has 0 spiro atoms. The SMILES string of the molecule is CC[C@@H](C)NS(=O)(=O)c1ccc(Cl)c(Cl)c1. The molecule has 3 nitrogen and oxygen atoms in total. The van der Waals surface area contributed by atoms with E-state index in [0.717, 1.165) is 6.42 Å². The maximum absolute atomic E-state index is 11.9. The molecule has 0 aliphatic carbocycles. The predicted molar refractivity (Wildman–Crippen MR) is 66.5 cm³/mol. The van der Waals surface area contributed by atoms with Gasteiger partial charge < -0.3 is 0 Å². The van der Waals surface area contributed by atoms with Crippen LogP contribution in [0.5, 0.6) is 0 Å². The van der Waals surface area contributed by atoms with Crippen LogP contribution in [0.4, 0.5) is 0 Å². The van der Waals surface area contributed by atoms with Gasteiger partial charge in [0.1, 0.15) is 0 Å². The average Bonchev–Trinajstić information content (AvgIpc) is 2.21. The van der Waals surface area contributed by atoms with Gasteiger partial charge >= 0.3 is 0 Å². The van der Waals surface area contributed by atoms with E-state index in [9.17, 15) is 8.42 Å². The first-order valence-electron chi connectivity index (χ1n) is 4.84. The van der Waals surface area contributed by atoms with Gasteiger partial charge in [-0.05, 0) is 31.5 Å². The number of benzene rings is 1. The summed E-state index contributed by atoms with van der Waals surface area (Å²) in [7, 11) is -3.50. The minimum atomic E-state index is -3.50. The molecule has 0 saturated heterocycles. The van der Waals surface area contributed by atoms with Crippen molar-refractivity contribution in [2.75, 3.05) is 0 Å². The van der Waals surface area contributed by atoms with Crippen molar-refractivity contribution >= 4 is 33.2 Å². The molecule has 1 aromatic carbocycles. The van der Waals surface area contributed by atoms with E-state index in [1.165, 1.54) is 18.2 Å². The van der Waals surface area contributed by atoms with Gasteiger partial charge in [0.25, 0.3) is 0 Å². The number of halogens is 2. The van der Waals surface area contributed by atoms with Crippen LogP contribution < -0.4 is 4.72 Å². The molecule has 0 aromatic heterocycles. The Morgan fingerprint density at radius 3 is 2.44 bits per heavy atom. The topological polar surface area (TPSA) is 46.2 Å². The molecule has 16 heavy (non-hydrogen) atoms. The van der Waals surface area contributed by atoms with Crippen LogP contribution in [-0.4, -0.2) is 14.5 Å². The zero-order valence-corrected chi connectivity index (χ0v) is 11.3. The lowest BCUT2D eigenvalue weighted by Crippen LogP contribution is -2.31.